The molecule has 0 aromatic carbocycles. The van der Waals surface area contributed by atoms with E-state index in [2.05, 4.69) is 4.74 Å². The van der Waals surface area contributed by atoms with E-state index in [9.17, 15) is 30.4 Å². The zero-order chi connectivity index (χ0) is 14.9. The molecule has 0 saturated heterocycles. The topological polar surface area (TPSA) is 63.6 Å². The van der Waals surface area contributed by atoms with E-state index in [4.69, 9.17) is 4.55 Å². The summed E-state index contributed by atoms with van der Waals surface area (Å²) >= 11 is 0. The van der Waals surface area contributed by atoms with E-state index >= 15 is 0 Å². The molecule has 0 spiro atoms. The van der Waals surface area contributed by atoms with Gasteiger partial charge in [-0.2, -0.15) is 30.4 Å². The smallest absolute Gasteiger partial charge is 0.432 e. The molecule has 0 aliphatic rings. The Labute approximate surface area is 100 Å². The summed E-state index contributed by atoms with van der Waals surface area (Å²) in [5.41, 5.74) is 0.149. The molecule has 1 unspecified atom stereocenters. The van der Waals surface area contributed by atoms with Gasteiger partial charge in [-0.15, -0.1) is 0 Å². The van der Waals surface area contributed by atoms with Crippen molar-refractivity contribution < 1.29 is 39.7 Å². The maximum Gasteiger partial charge on any atom is 0.432 e. The second kappa shape index (κ2) is 5.00. The minimum Gasteiger partial charge on any atom is -0.478 e. The first kappa shape index (κ1) is 17.1. The van der Waals surface area contributed by atoms with Crippen molar-refractivity contribution in [1.82, 2.24) is 0 Å². The third-order valence-electron chi connectivity index (χ3n) is 1.95. The maximum absolute atomic E-state index is 13.0. The van der Waals surface area contributed by atoms with E-state index in [1.165, 1.54) is 13.8 Å². The lowest BCUT2D eigenvalue weighted by Crippen LogP contribution is -2.51. The number of hydrogen-bond acceptors (Lipinski definition) is 3. The lowest BCUT2D eigenvalue weighted by atomic mass is 10.3. The Hall–Kier alpha value is -0.900. The van der Waals surface area contributed by atoms with Crippen LogP contribution in [0.3, 0.4) is 0 Å². The van der Waals surface area contributed by atoms with Gasteiger partial charge >= 0.3 is 21.5 Å². The molecule has 4 nitrogen and oxygen atoms in total. The summed E-state index contributed by atoms with van der Waals surface area (Å²) in [7, 11) is -6.26. The number of rotatable bonds is 4. The van der Waals surface area contributed by atoms with Gasteiger partial charge in [0, 0.05) is 0 Å². The molecule has 1 N–H and O–H groups in total. The SMILES string of the molecule is CC(C)=C(C)OC(C(F)(F)F)C(F)(F)S(=O)(=O)O. The molecule has 0 fully saturated rings. The first-order chi connectivity index (χ1) is 7.71. The number of ether oxygens (including phenoxy) is 1. The van der Waals surface area contributed by atoms with Gasteiger partial charge in [-0.05, 0) is 26.3 Å². The van der Waals surface area contributed by atoms with Crippen molar-refractivity contribution in [1.29, 1.82) is 0 Å². The minimum atomic E-state index is -6.26. The maximum atomic E-state index is 13.0. The molecule has 0 aromatic rings. The zero-order valence-corrected chi connectivity index (χ0v) is 10.4. The van der Waals surface area contributed by atoms with Gasteiger partial charge in [0.15, 0.2) is 0 Å². The Kier molecular flexibility index (Phi) is 4.75. The van der Waals surface area contributed by atoms with Crippen LogP contribution in [0.2, 0.25) is 0 Å². The summed E-state index contributed by atoms with van der Waals surface area (Å²) in [5.74, 6) is -0.513. The molecule has 0 bridgehead atoms. The van der Waals surface area contributed by atoms with E-state index < -0.39 is 33.4 Å². The fourth-order valence-electron chi connectivity index (χ4n) is 0.756. The summed E-state index contributed by atoms with van der Waals surface area (Å²) in [5, 5.41) is -5.50. The molecule has 0 aromatic heterocycles. The molecule has 0 saturated carbocycles. The summed E-state index contributed by atoms with van der Waals surface area (Å²) in [6, 6.07) is 0. The molecular formula is C8H11F5O4S. The Balaban J connectivity index is 5.63. The van der Waals surface area contributed by atoms with Crippen molar-refractivity contribution >= 4 is 10.1 Å². The normalized spacial score (nSPS) is 15.2. The highest BCUT2D eigenvalue weighted by molar-refractivity contribution is 7.86. The lowest BCUT2D eigenvalue weighted by molar-refractivity contribution is -0.254. The lowest BCUT2D eigenvalue weighted by Gasteiger charge is -2.27. The third kappa shape index (κ3) is 3.80. The third-order valence-corrected chi connectivity index (χ3v) is 2.85. The van der Waals surface area contributed by atoms with Crippen LogP contribution in [0.5, 0.6) is 0 Å². The zero-order valence-electron chi connectivity index (χ0n) is 9.55. The first-order valence-corrected chi connectivity index (χ1v) is 5.87. The molecule has 0 aliphatic carbocycles. The van der Waals surface area contributed by atoms with Crippen molar-refractivity contribution in [3.8, 4) is 0 Å². The van der Waals surface area contributed by atoms with E-state index in [-0.39, 0.29) is 5.57 Å². The van der Waals surface area contributed by atoms with Crippen molar-refractivity contribution in [2.75, 3.05) is 0 Å². The molecular weight excluding hydrogens is 287 g/mol. The molecule has 0 heterocycles. The van der Waals surface area contributed by atoms with Crippen molar-refractivity contribution in [2.24, 2.45) is 0 Å². The highest BCUT2D eigenvalue weighted by atomic mass is 32.2. The molecule has 0 rings (SSSR count). The molecule has 0 aliphatic heterocycles. The minimum absolute atomic E-state index is 0.149. The van der Waals surface area contributed by atoms with Gasteiger partial charge in [0.25, 0.3) is 6.10 Å². The molecule has 10 heteroatoms. The standard InChI is InChI=1S/C8H11F5O4S/c1-4(2)5(3)17-6(7(9,10)11)8(12,13)18(14,15)16/h6H,1-3H3,(H,14,15,16). The molecule has 0 amide bonds. The van der Waals surface area contributed by atoms with Crippen molar-refractivity contribution in [3.05, 3.63) is 11.3 Å². The summed E-state index contributed by atoms with van der Waals surface area (Å²) in [6.45, 7) is 3.54. The number of alkyl halides is 5. The van der Waals surface area contributed by atoms with Gasteiger partial charge in [-0.3, -0.25) is 4.55 Å². The summed E-state index contributed by atoms with van der Waals surface area (Å²) < 4.78 is 95.8. The molecule has 108 valence electrons. The van der Waals surface area contributed by atoms with E-state index in [0.29, 0.717) is 0 Å². The average Bonchev–Trinajstić information content (AvgIpc) is 2.09. The van der Waals surface area contributed by atoms with Crippen molar-refractivity contribution in [2.45, 2.75) is 38.3 Å². The quantitative estimate of drug-likeness (QED) is 0.492. The highest BCUT2D eigenvalue weighted by Gasteiger charge is 2.65. The molecule has 1 atom stereocenters. The predicted molar refractivity (Wildman–Crippen MR) is 51.5 cm³/mol. The monoisotopic (exact) mass is 298 g/mol. The Morgan fingerprint density at radius 3 is 1.72 bits per heavy atom. The van der Waals surface area contributed by atoms with Gasteiger partial charge in [-0.25, -0.2) is 0 Å². The van der Waals surface area contributed by atoms with Gasteiger partial charge < -0.3 is 4.74 Å². The van der Waals surface area contributed by atoms with Crippen LogP contribution in [-0.2, 0) is 14.9 Å². The van der Waals surface area contributed by atoms with Gasteiger partial charge in [0.05, 0.1) is 5.76 Å². The van der Waals surface area contributed by atoms with Gasteiger partial charge in [0.2, 0.25) is 0 Å². The number of hydrogen-bond donors (Lipinski definition) is 1. The van der Waals surface area contributed by atoms with Crippen LogP contribution < -0.4 is 0 Å². The Bertz CT molecular complexity index is 433. The molecule has 18 heavy (non-hydrogen) atoms. The summed E-state index contributed by atoms with van der Waals surface area (Å²) in [4.78, 5) is 0. The Morgan fingerprint density at radius 2 is 1.50 bits per heavy atom. The van der Waals surface area contributed by atoms with Crippen LogP contribution in [0.4, 0.5) is 22.0 Å². The molecule has 0 radical (unpaired) electrons. The summed E-state index contributed by atoms with van der Waals surface area (Å²) in [6.07, 6.45) is -9.65. The second-order valence-corrected chi connectivity index (χ2v) is 5.13. The van der Waals surface area contributed by atoms with E-state index in [1.807, 2.05) is 0 Å². The van der Waals surface area contributed by atoms with Crippen LogP contribution in [0, 0.1) is 0 Å². The van der Waals surface area contributed by atoms with Crippen LogP contribution >= 0.6 is 0 Å². The van der Waals surface area contributed by atoms with Crippen molar-refractivity contribution in [3.63, 3.8) is 0 Å². The van der Waals surface area contributed by atoms with E-state index in [0.717, 1.165) is 6.92 Å². The van der Waals surface area contributed by atoms with Gasteiger partial charge in [-0.1, -0.05) is 0 Å². The first-order valence-electron chi connectivity index (χ1n) is 4.43. The Morgan fingerprint density at radius 1 is 1.11 bits per heavy atom. The average molecular weight is 298 g/mol. The fourth-order valence-corrected chi connectivity index (χ4v) is 1.21. The van der Waals surface area contributed by atoms with Crippen LogP contribution in [0.1, 0.15) is 20.8 Å². The fraction of sp³-hybridized carbons (Fsp3) is 0.750. The van der Waals surface area contributed by atoms with Gasteiger partial charge in [0.1, 0.15) is 0 Å². The van der Waals surface area contributed by atoms with Crippen LogP contribution in [0.25, 0.3) is 0 Å². The van der Waals surface area contributed by atoms with Crippen LogP contribution in [0.15, 0.2) is 11.3 Å². The largest absolute Gasteiger partial charge is 0.478 e. The predicted octanol–water partition coefficient (Wildman–Crippen LogP) is 2.73. The van der Waals surface area contributed by atoms with Crippen LogP contribution in [-0.4, -0.2) is 30.5 Å². The number of allylic oxidation sites excluding steroid dienone is 2. The second-order valence-electron chi connectivity index (χ2n) is 3.63. The van der Waals surface area contributed by atoms with E-state index in [1.54, 1.807) is 0 Å². The highest BCUT2D eigenvalue weighted by Crippen LogP contribution is 2.39. The number of halogens is 5.